The zero-order valence-electron chi connectivity index (χ0n) is 5.91. The molecule has 1 aliphatic rings. The minimum atomic E-state index is -2.47. The molecule has 1 aliphatic carbocycles. The highest BCUT2D eigenvalue weighted by atomic mass is 19.3. The molecule has 53 valence electrons. The smallest absolute Gasteiger partial charge is 0.206 e. The summed E-state index contributed by atoms with van der Waals surface area (Å²) in [6.07, 6.45) is 1.10. The van der Waals surface area contributed by atoms with E-state index in [2.05, 4.69) is 0 Å². The topological polar surface area (TPSA) is 0 Å². The summed E-state index contributed by atoms with van der Waals surface area (Å²) in [5.74, 6) is -2.97. The van der Waals surface area contributed by atoms with Crippen LogP contribution in [0.25, 0.3) is 0 Å². The van der Waals surface area contributed by atoms with Crippen LogP contribution < -0.4 is 0 Å². The van der Waals surface area contributed by atoms with Crippen molar-refractivity contribution in [3.05, 3.63) is 6.42 Å². The number of alkyl halides is 2. The van der Waals surface area contributed by atoms with E-state index in [1.807, 2.05) is 20.8 Å². The summed E-state index contributed by atoms with van der Waals surface area (Å²) in [7, 11) is 0. The largest absolute Gasteiger partial charge is 0.255 e. The predicted octanol–water partition coefficient (Wildman–Crippen LogP) is 2.50. The Morgan fingerprint density at radius 1 is 1.33 bits per heavy atom. The first-order chi connectivity index (χ1) is 3.84. The maximum absolute atomic E-state index is 12.2. The fourth-order valence-corrected chi connectivity index (χ4v) is 1.00. The zero-order valence-corrected chi connectivity index (χ0v) is 5.91. The van der Waals surface area contributed by atoms with Crippen LogP contribution in [0.3, 0.4) is 0 Å². The first-order valence-corrected chi connectivity index (χ1v) is 3.08. The van der Waals surface area contributed by atoms with Crippen LogP contribution in [0.4, 0.5) is 8.78 Å². The fourth-order valence-electron chi connectivity index (χ4n) is 1.00. The van der Waals surface area contributed by atoms with Gasteiger partial charge in [0.2, 0.25) is 0 Å². The van der Waals surface area contributed by atoms with Crippen LogP contribution >= 0.6 is 0 Å². The van der Waals surface area contributed by atoms with Gasteiger partial charge in [-0.25, -0.2) is 8.78 Å². The van der Waals surface area contributed by atoms with Gasteiger partial charge in [-0.05, 0) is 5.41 Å². The van der Waals surface area contributed by atoms with E-state index in [-0.39, 0.29) is 5.41 Å². The molecule has 0 aromatic rings. The molecule has 1 fully saturated rings. The molecule has 0 bridgehead atoms. The number of halogens is 2. The van der Waals surface area contributed by atoms with Crippen molar-refractivity contribution >= 4 is 0 Å². The van der Waals surface area contributed by atoms with Gasteiger partial charge in [0.1, 0.15) is 0 Å². The quantitative estimate of drug-likeness (QED) is 0.476. The number of rotatable bonds is 0. The van der Waals surface area contributed by atoms with E-state index in [9.17, 15) is 8.78 Å². The standard InChI is InChI=1S/C7H11F2/c1-6(2,3)5-4-7(5,8)9/h4-5H,1-3H3. The summed E-state index contributed by atoms with van der Waals surface area (Å²) in [6.45, 7) is 5.49. The Kier molecular flexibility index (Phi) is 1.14. The van der Waals surface area contributed by atoms with Crippen molar-refractivity contribution in [2.45, 2.75) is 26.7 Å². The van der Waals surface area contributed by atoms with Crippen LogP contribution in [0.5, 0.6) is 0 Å². The molecule has 0 aromatic carbocycles. The lowest BCUT2D eigenvalue weighted by atomic mass is 9.90. The third-order valence-electron chi connectivity index (χ3n) is 1.63. The summed E-state index contributed by atoms with van der Waals surface area (Å²) in [5.41, 5.74) is -0.260. The minimum absolute atomic E-state index is 0.260. The number of hydrogen-bond donors (Lipinski definition) is 0. The van der Waals surface area contributed by atoms with Crippen LogP contribution in [0.1, 0.15) is 20.8 Å². The van der Waals surface area contributed by atoms with Crippen molar-refractivity contribution in [3.8, 4) is 0 Å². The Hall–Kier alpha value is -0.140. The van der Waals surface area contributed by atoms with Gasteiger partial charge in [-0.15, -0.1) is 0 Å². The van der Waals surface area contributed by atoms with Crippen LogP contribution in [-0.2, 0) is 0 Å². The van der Waals surface area contributed by atoms with Crippen molar-refractivity contribution in [2.75, 3.05) is 0 Å². The molecule has 0 N–H and O–H groups in total. The van der Waals surface area contributed by atoms with E-state index in [4.69, 9.17) is 0 Å². The van der Waals surface area contributed by atoms with E-state index in [1.54, 1.807) is 0 Å². The molecule has 0 saturated heterocycles. The molecular weight excluding hydrogens is 122 g/mol. The van der Waals surface area contributed by atoms with Gasteiger partial charge >= 0.3 is 0 Å². The highest BCUT2D eigenvalue weighted by Gasteiger charge is 2.62. The third-order valence-corrected chi connectivity index (χ3v) is 1.63. The predicted molar refractivity (Wildman–Crippen MR) is 32.2 cm³/mol. The zero-order chi connectivity index (χ0) is 7.28. The normalized spacial score (nSPS) is 32.3. The maximum Gasteiger partial charge on any atom is 0.255 e. The SMILES string of the molecule is CC(C)(C)C1[CH]C1(F)F. The molecule has 0 spiro atoms. The first-order valence-electron chi connectivity index (χ1n) is 3.08. The van der Waals surface area contributed by atoms with Gasteiger partial charge < -0.3 is 0 Å². The molecule has 1 radical (unpaired) electrons. The third kappa shape index (κ3) is 1.22. The monoisotopic (exact) mass is 133 g/mol. The lowest BCUT2D eigenvalue weighted by Crippen LogP contribution is -2.13. The van der Waals surface area contributed by atoms with Crippen LogP contribution in [0.15, 0.2) is 0 Å². The van der Waals surface area contributed by atoms with Crippen LogP contribution in [-0.4, -0.2) is 5.92 Å². The number of hydrogen-bond acceptors (Lipinski definition) is 0. The molecule has 0 heterocycles. The molecule has 1 saturated carbocycles. The molecule has 1 unspecified atom stereocenters. The molecule has 0 amide bonds. The lowest BCUT2D eigenvalue weighted by Gasteiger charge is -2.16. The first kappa shape index (κ1) is 6.97. The average molecular weight is 133 g/mol. The van der Waals surface area contributed by atoms with Gasteiger partial charge in [0.05, 0.1) is 0 Å². The Labute approximate surface area is 54.3 Å². The highest BCUT2D eigenvalue weighted by molar-refractivity contribution is 5.18. The Bertz CT molecular complexity index is 121. The van der Waals surface area contributed by atoms with Crippen molar-refractivity contribution in [1.29, 1.82) is 0 Å². The minimum Gasteiger partial charge on any atom is -0.206 e. The summed E-state index contributed by atoms with van der Waals surface area (Å²) in [6, 6.07) is 0. The van der Waals surface area contributed by atoms with E-state index < -0.39 is 11.8 Å². The van der Waals surface area contributed by atoms with Crippen molar-refractivity contribution in [3.63, 3.8) is 0 Å². The fraction of sp³-hybridized carbons (Fsp3) is 0.857. The summed E-state index contributed by atoms with van der Waals surface area (Å²) in [4.78, 5) is 0. The summed E-state index contributed by atoms with van der Waals surface area (Å²) < 4.78 is 24.5. The average Bonchev–Trinajstić information content (AvgIpc) is 2.10. The van der Waals surface area contributed by atoms with E-state index in [0.717, 1.165) is 6.42 Å². The second-order valence-corrected chi connectivity index (χ2v) is 3.68. The van der Waals surface area contributed by atoms with E-state index in [1.165, 1.54) is 0 Å². The van der Waals surface area contributed by atoms with Gasteiger partial charge in [0.25, 0.3) is 5.92 Å². The lowest BCUT2D eigenvalue weighted by molar-refractivity contribution is 0.0759. The van der Waals surface area contributed by atoms with Gasteiger partial charge in [-0.2, -0.15) is 0 Å². The van der Waals surface area contributed by atoms with Gasteiger partial charge in [0, 0.05) is 12.3 Å². The summed E-state index contributed by atoms with van der Waals surface area (Å²) >= 11 is 0. The van der Waals surface area contributed by atoms with E-state index >= 15 is 0 Å². The molecule has 1 atom stereocenters. The van der Waals surface area contributed by atoms with Crippen molar-refractivity contribution in [1.82, 2.24) is 0 Å². The Morgan fingerprint density at radius 2 is 1.67 bits per heavy atom. The molecule has 0 aromatic heterocycles. The highest BCUT2D eigenvalue weighted by Crippen LogP contribution is 2.56. The Balaban J connectivity index is 2.52. The van der Waals surface area contributed by atoms with Gasteiger partial charge in [-0.3, -0.25) is 0 Å². The second-order valence-electron chi connectivity index (χ2n) is 3.68. The maximum atomic E-state index is 12.2. The molecule has 0 aliphatic heterocycles. The Morgan fingerprint density at radius 3 is 1.67 bits per heavy atom. The molecule has 0 nitrogen and oxygen atoms in total. The van der Waals surface area contributed by atoms with Gasteiger partial charge in [0.15, 0.2) is 0 Å². The van der Waals surface area contributed by atoms with Crippen LogP contribution in [0.2, 0.25) is 0 Å². The molecule has 2 heteroatoms. The van der Waals surface area contributed by atoms with E-state index in [0.29, 0.717) is 0 Å². The molecule has 9 heavy (non-hydrogen) atoms. The van der Waals surface area contributed by atoms with Crippen LogP contribution in [0, 0.1) is 17.8 Å². The van der Waals surface area contributed by atoms with Gasteiger partial charge in [-0.1, -0.05) is 20.8 Å². The second kappa shape index (κ2) is 1.47. The molecular formula is C7H11F2. The summed E-state index contributed by atoms with van der Waals surface area (Å²) in [5, 5.41) is 0. The van der Waals surface area contributed by atoms with Crippen molar-refractivity contribution in [2.24, 2.45) is 11.3 Å². The van der Waals surface area contributed by atoms with Crippen molar-refractivity contribution < 1.29 is 8.78 Å². The molecule has 1 rings (SSSR count).